The summed E-state index contributed by atoms with van der Waals surface area (Å²) in [6, 6.07) is 9.17. The largest absolute Gasteiger partial charge is 0.304 e. The second kappa shape index (κ2) is 4.15. The Morgan fingerprint density at radius 1 is 1.33 bits per heavy atom. The summed E-state index contributed by atoms with van der Waals surface area (Å²) >= 11 is 0. The molecule has 1 N–H and O–H groups in total. The van der Waals surface area contributed by atoms with Gasteiger partial charge in [0, 0.05) is 10.5 Å². The van der Waals surface area contributed by atoms with E-state index in [4.69, 9.17) is 4.11 Å². The zero-order valence-corrected chi connectivity index (χ0v) is 8.62. The van der Waals surface area contributed by atoms with Gasteiger partial charge in [-0.3, -0.25) is 4.79 Å². The standard InChI is InChI=1S/C13H17NO/c1-14-13(10-6-5-9-12(13)15)11-7-3-2-4-8-11/h2-4,7-8,14H,5-6,9-10H2,1H3/t13-/m1/s1/i1D3. The Balaban J connectivity index is 2.42. The van der Waals surface area contributed by atoms with E-state index in [0.717, 1.165) is 18.4 Å². The Morgan fingerprint density at radius 3 is 2.80 bits per heavy atom. The monoisotopic (exact) mass is 206 g/mol. The van der Waals surface area contributed by atoms with Crippen LogP contribution in [0.15, 0.2) is 30.3 Å². The molecule has 0 heterocycles. The minimum absolute atomic E-state index is 0.0175. The van der Waals surface area contributed by atoms with Gasteiger partial charge < -0.3 is 5.32 Å². The van der Waals surface area contributed by atoms with Crippen molar-refractivity contribution in [1.29, 1.82) is 0 Å². The van der Waals surface area contributed by atoms with E-state index < -0.39 is 12.5 Å². The Labute approximate surface area is 94.9 Å². The molecule has 2 nitrogen and oxygen atoms in total. The lowest BCUT2D eigenvalue weighted by molar-refractivity contribution is -0.127. The third kappa shape index (κ3) is 1.70. The highest BCUT2D eigenvalue weighted by molar-refractivity contribution is 5.90. The molecule has 0 unspecified atom stereocenters. The van der Waals surface area contributed by atoms with Gasteiger partial charge in [0.2, 0.25) is 0 Å². The van der Waals surface area contributed by atoms with Gasteiger partial charge in [0.25, 0.3) is 0 Å². The van der Waals surface area contributed by atoms with Crippen molar-refractivity contribution in [3.8, 4) is 0 Å². The van der Waals surface area contributed by atoms with E-state index in [1.165, 1.54) is 0 Å². The number of benzene rings is 1. The van der Waals surface area contributed by atoms with Crippen molar-refractivity contribution in [1.82, 2.24) is 5.32 Å². The fourth-order valence-electron chi connectivity index (χ4n) is 2.26. The fourth-order valence-corrected chi connectivity index (χ4v) is 2.26. The van der Waals surface area contributed by atoms with E-state index in [0.29, 0.717) is 12.8 Å². The molecule has 1 aliphatic carbocycles. The molecule has 0 aliphatic heterocycles. The van der Waals surface area contributed by atoms with Crippen LogP contribution in [-0.2, 0) is 10.3 Å². The van der Waals surface area contributed by atoms with Crippen LogP contribution in [0.1, 0.15) is 35.4 Å². The average molecular weight is 206 g/mol. The van der Waals surface area contributed by atoms with Crippen LogP contribution < -0.4 is 5.32 Å². The van der Waals surface area contributed by atoms with Gasteiger partial charge >= 0.3 is 0 Å². The second-order valence-electron chi connectivity index (χ2n) is 4.03. The molecule has 0 amide bonds. The van der Waals surface area contributed by atoms with Crippen LogP contribution in [0.5, 0.6) is 0 Å². The molecule has 0 spiro atoms. The van der Waals surface area contributed by atoms with Crippen LogP contribution in [0.3, 0.4) is 0 Å². The quantitative estimate of drug-likeness (QED) is 0.804. The summed E-state index contributed by atoms with van der Waals surface area (Å²) in [4.78, 5) is 12.3. The molecule has 80 valence electrons. The van der Waals surface area contributed by atoms with Crippen LogP contribution in [-0.4, -0.2) is 12.8 Å². The summed E-state index contributed by atoms with van der Waals surface area (Å²) in [7, 11) is 0. The molecule has 1 aliphatic rings. The Hall–Kier alpha value is -1.15. The maximum atomic E-state index is 12.3. The lowest BCUT2D eigenvalue weighted by Gasteiger charge is -2.36. The van der Waals surface area contributed by atoms with Crippen molar-refractivity contribution in [2.75, 3.05) is 6.98 Å². The normalized spacial score (nSPS) is 30.4. The lowest BCUT2D eigenvalue weighted by Crippen LogP contribution is -2.49. The van der Waals surface area contributed by atoms with Crippen LogP contribution >= 0.6 is 0 Å². The van der Waals surface area contributed by atoms with Crippen LogP contribution in [0.25, 0.3) is 0 Å². The number of hydrogen-bond acceptors (Lipinski definition) is 2. The number of rotatable bonds is 2. The molecule has 1 fully saturated rings. The lowest BCUT2D eigenvalue weighted by atomic mass is 9.76. The van der Waals surface area contributed by atoms with Crippen molar-refractivity contribution in [3.05, 3.63) is 35.9 Å². The molecular weight excluding hydrogens is 186 g/mol. The van der Waals surface area contributed by atoms with Crippen molar-refractivity contribution in [2.24, 2.45) is 0 Å². The molecule has 2 heteroatoms. The molecule has 15 heavy (non-hydrogen) atoms. The van der Waals surface area contributed by atoms with E-state index in [9.17, 15) is 4.79 Å². The fraction of sp³-hybridized carbons (Fsp3) is 0.462. The number of hydrogen-bond donors (Lipinski definition) is 1. The predicted octanol–water partition coefficient (Wildman–Crippen LogP) is 2.24. The van der Waals surface area contributed by atoms with Gasteiger partial charge in [0.15, 0.2) is 5.78 Å². The van der Waals surface area contributed by atoms with E-state index in [1.807, 2.05) is 30.3 Å². The second-order valence-corrected chi connectivity index (χ2v) is 4.03. The molecular formula is C13H17NO. The highest BCUT2D eigenvalue weighted by Gasteiger charge is 2.39. The van der Waals surface area contributed by atoms with E-state index in [-0.39, 0.29) is 5.78 Å². The summed E-state index contributed by atoms with van der Waals surface area (Å²) in [5, 5.41) is 2.59. The number of Topliss-reactive ketones (excluding diaryl/α,β-unsaturated/α-hetero) is 1. The predicted molar refractivity (Wildman–Crippen MR) is 60.7 cm³/mol. The van der Waals surface area contributed by atoms with Crippen molar-refractivity contribution >= 4 is 5.78 Å². The topological polar surface area (TPSA) is 29.1 Å². The molecule has 1 saturated carbocycles. The van der Waals surface area contributed by atoms with Crippen LogP contribution in [0.4, 0.5) is 0 Å². The summed E-state index contributed by atoms with van der Waals surface area (Å²) in [6.45, 7) is -2.32. The summed E-state index contributed by atoms with van der Waals surface area (Å²) in [5.74, 6) is -0.0175. The van der Waals surface area contributed by atoms with Gasteiger partial charge in [-0.1, -0.05) is 36.8 Å². The van der Waals surface area contributed by atoms with E-state index >= 15 is 0 Å². The van der Waals surface area contributed by atoms with Crippen molar-refractivity contribution in [2.45, 2.75) is 31.2 Å². The molecule has 0 radical (unpaired) electrons. The maximum absolute atomic E-state index is 12.3. The zero-order valence-electron chi connectivity index (χ0n) is 11.6. The minimum atomic E-state index is -2.32. The molecule has 1 aromatic carbocycles. The van der Waals surface area contributed by atoms with Crippen LogP contribution in [0, 0.1) is 0 Å². The third-order valence-corrected chi connectivity index (χ3v) is 3.16. The first kappa shape index (κ1) is 7.18. The van der Waals surface area contributed by atoms with Gasteiger partial charge in [-0.25, -0.2) is 0 Å². The molecule has 2 rings (SSSR count). The number of likely N-dealkylation sites (N-methyl/N-ethyl adjacent to an activating group) is 1. The Bertz CT molecular complexity index is 430. The van der Waals surface area contributed by atoms with Crippen LogP contribution in [0.2, 0.25) is 0 Å². The highest BCUT2D eigenvalue weighted by Crippen LogP contribution is 2.33. The molecule has 0 aromatic heterocycles. The summed E-state index contributed by atoms with van der Waals surface area (Å²) in [6.07, 6.45) is 2.70. The molecule has 0 saturated heterocycles. The summed E-state index contributed by atoms with van der Waals surface area (Å²) in [5.41, 5.74) is -0.282. The third-order valence-electron chi connectivity index (χ3n) is 3.16. The van der Waals surface area contributed by atoms with Gasteiger partial charge in [-0.05, 0) is 25.4 Å². The maximum Gasteiger partial charge on any atom is 0.157 e. The number of nitrogens with one attached hydrogen (secondary N) is 1. The van der Waals surface area contributed by atoms with E-state index in [2.05, 4.69) is 5.32 Å². The first-order valence-corrected chi connectivity index (χ1v) is 5.32. The SMILES string of the molecule is [2H]C([2H])([2H])N[C@@]1(c2ccccc2)CCCCC1=O. The summed E-state index contributed by atoms with van der Waals surface area (Å²) < 4.78 is 22.2. The molecule has 1 atom stereocenters. The first-order valence-electron chi connectivity index (χ1n) is 6.82. The van der Waals surface area contributed by atoms with Crippen molar-refractivity contribution < 1.29 is 8.91 Å². The highest BCUT2D eigenvalue weighted by atomic mass is 16.1. The first-order chi connectivity index (χ1) is 8.44. The zero-order chi connectivity index (χ0) is 13.2. The Kier molecular flexibility index (Phi) is 1.99. The number of carbonyl (C=O) groups excluding carboxylic acids is 1. The van der Waals surface area contributed by atoms with Gasteiger partial charge in [-0.2, -0.15) is 0 Å². The molecule has 0 bridgehead atoms. The van der Waals surface area contributed by atoms with Gasteiger partial charge in [0.1, 0.15) is 5.54 Å². The Morgan fingerprint density at radius 2 is 2.13 bits per heavy atom. The minimum Gasteiger partial charge on any atom is -0.304 e. The number of carbonyl (C=O) groups is 1. The van der Waals surface area contributed by atoms with Gasteiger partial charge in [0.05, 0.1) is 0 Å². The van der Waals surface area contributed by atoms with Gasteiger partial charge in [-0.15, -0.1) is 0 Å². The van der Waals surface area contributed by atoms with Crippen molar-refractivity contribution in [3.63, 3.8) is 0 Å². The smallest absolute Gasteiger partial charge is 0.157 e. The number of ketones is 1. The molecule has 1 aromatic rings. The van der Waals surface area contributed by atoms with E-state index in [1.54, 1.807) is 0 Å². The average Bonchev–Trinajstić information content (AvgIpc) is 2.32.